The fourth-order valence-electron chi connectivity index (χ4n) is 1.68. The minimum atomic E-state index is -0.932. The summed E-state index contributed by atoms with van der Waals surface area (Å²) in [6, 6.07) is 0. The molecule has 0 heterocycles. The first-order chi connectivity index (χ1) is 8.76. The van der Waals surface area contributed by atoms with Gasteiger partial charge < -0.3 is 9.84 Å². The van der Waals surface area contributed by atoms with Crippen LogP contribution in [0, 0.1) is 5.92 Å². The molecule has 1 N–H and O–H groups in total. The number of ether oxygens (including phenoxy) is 1. The van der Waals surface area contributed by atoms with Crippen LogP contribution in [-0.4, -0.2) is 36.5 Å². The van der Waals surface area contributed by atoms with Crippen LogP contribution < -0.4 is 0 Å². The normalized spacial score (nSPS) is 14.9. The minimum absolute atomic E-state index is 0.0518. The lowest BCUT2D eigenvalue weighted by atomic mass is 9.97. The van der Waals surface area contributed by atoms with Crippen molar-refractivity contribution in [3.8, 4) is 0 Å². The van der Waals surface area contributed by atoms with Crippen molar-refractivity contribution in [3.63, 3.8) is 0 Å². The summed E-state index contributed by atoms with van der Waals surface area (Å²) in [6.07, 6.45) is 6.04. The molecule has 1 unspecified atom stereocenters. The number of allylic oxidation sites excluding steroid dienone is 1. The molecule has 0 aliphatic heterocycles. The van der Waals surface area contributed by atoms with Crippen LogP contribution in [-0.2, 0) is 9.53 Å². The Morgan fingerprint density at radius 2 is 2.11 bits per heavy atom. The number of carbonyl (C=O) groups is 1. The van der Waals surface area contributed by atoms with E-state index in [1.165, 1.54) is 0 Å². The van der Waals surface area contributed by atoms with Crippen LogP contribution in [0.4, 0.5) is 0 Å². The molecule has 0 aromatic rings. The van der Waals surface area contributed by atoms with Gasteiger partial charge in [-0.15, -0.1) is 0 Å². The number of hydrogen-bond acceptors (Lipinski definition) is 3. The van der Waals surface area contributed by atoms with Crippen LogP contribution in [0.25, 0.3) is 0 Å². The van der Waals surface area contributed by atoms with Gasteiger partial charge in [-0.05, 0) is 45.1 Å². The predicted molar refractivity (Wildman–Crippen MR) is 78.9 cm³/mol. The predicted octanol–water partition coefficient (Wildman–Crippen LogP) is 3.32. The number of carboxylic acids is 1. The number of aliphatic carboxylic acids is 1. The molecule has 0 saturated heterocycles. The van der Waals surface area contributed by atoms with Crippen molar-refractivity contribution < 1.29 is 14.6 Å². The second kappa shape index (κ2) is 8.86. The van der Waals surface area contributed by atoms with E-state index in [2.05, 4.69) is 25.8 Å². The van der Waals surface area contributed by atoms with E-state index in [9.17, 15) is 4.79 Å². The SMILES string of the molecule is COC(C)(C)CCCC(C)C/N=C/C(C)=C/C(=O)O. The van der Waals surface area contributed by atoms with Gasteiger partial charge in [0.1, 0.15) is 0 Å². The van der Waals surface area contributed by atoms with Crippen molar-refractivity contribution in [2.45, 2.75) is 52.6 Å². The van der Waals surface area contributed by atoms with Crippen molar-refractivity contribution in [2.24, 2.45) is 10.9 Å². The molecular formula is C15H27NO3. The topological polar surface area (TPSA) is 58.9 Å². The van der Waals surface area contributed by atoms with Crippen molar-refractivity contribution in [2.75, 3.05) is 13.7 Å². The Balaban J connectivity index is 3.91. The summed E-state index contributed by atoms with van der Waals surface area (Å²) in [5.74, 6) is -0.430. The summed E-state index contributed by atoms with van der Waals surface area (Å²) in [5.41, 5.74) is 0.615. The van der Waals surface area contributed by atoms with E-state index >= 15 is 0 Å². The molecule has 0 spiro atoms. The monoisotopic (exact) mass is 269 g/mol. The molecule has 0 radical (unpaired) electrons. The highest BCUT2D eigenvalue weighted by atomic mass is 16.5. The quantitative estimate of drug-likeness (QED) is 0.516. The molecule has 0 saturated carbocycles. The summed E-state index contributed by atoms with van der Waals surface area (Å²) in [4.78, 5) is 14.7. The van der Waals surface area contributed by atoms with Crippen molar-refractivity contribution >= 4 is 12.2 Å². The number of carboxylic acid groups (broad SMARTS) is 1. The Hall–Kier alpha value is -1.16. The maximum Gasteiger partial charge on any atom is 0.328 e. The molecule has 0 aromatic carbocycles. The lowest BCUT2D eigenvalue weighted by Gasteiger charge is -2.23. The fourth-order valence-corrected chi connectivity index (χ4v) is 1.68. The third kappa shape index (κ3) is 10.4. The average molecular weight is 269 g/mol. The highest BCUT2D eigenvalue weighted by Crippen LogP contribution is 2.19. The smallest absolute Gasteiger partial charge is 0.328 e. The number of methoxy groups -OCH3 is 1. The van der Waals surface area contributed by atoms with Crippen molar-refractivity contribution in [1.82, 2.24) is 0 Å². The van der Waals surface area contributed by atoms with Crippen LogP contribution in [0.3, 0.4) is 0 Å². The maximum absolute atomic E-state index is 10.4. The van der Waals surface area contributed by atoms with Gasteiger partial charge in [0.05, 0.1) is 5.60 Å². The van der Waals surface area contributed by atoms with Gasteiger partial charge >= 0.3 is 5.97 Å². The van der Waals surface area contributed by atoms with E-state index in [4.69, 9.17) is 9.84 Å². The van der Waals surface area contributed by atoms with Crippen molar-refractivity contribution in [3.05, 3.63) is 11.6 Å². The maximum atomic E-state index is 10.4. The van der Waals surface area contributed by atoms with Crippen LogP contribution in [0.2, 0.25) is 0 Å². The number of aliphatic imine (C=N–C) groups is 1. The van der Waals surface area contributed by atoms with Gasteiger partial charge in [0.25, 0.3) is 0 Å². The van der Waals surface area contributed by atoms with E-state index in [0.29, 0.717) is 11.5 Å². The molecule has 0 aromatic heterocycles. The van der Waals surface area contributed by atoms with E-state index in [-0.39, 0.29) is 5.60 Å². The summed E-state index contributed by atoms with van der Waals surface area (Å²) >= 11 is 0. The molecule has 1 atom stereocenters. The zero-order chi connectivity index (χ0) is 14.9. The molecule has 0 bridgehead atoms. The Labute approximate surface area is 116 Å². The fraction of sp³-hybridized carbons (Fsp3) is 0.733. The van der Waals surface area contributed by atoms with Crippen LogP contribution in [0.5, 0.6) is 0 Å². The summed E-state index contributed by atoms with van der Waals surface area (Å²) in [6.45, 7) is 8.82. The number of nitrogens with zero attached hydrogens (tertiary/aromatic N) is 1. The molecule has 0 aliphatic rings. The molecule has 0 aliphatic carbocycles. The lowest BCUT2D eigenvalue weighted by Crippen LogP contribution is -2.22. The van der Waals surface area contributed by atoms with Gasteiger partial charge in [0.2, 0.25) is 0 Å². The summed E-state index contributed by atoms with van der Waals surface area (Å²) in [7, 11) is 1.74. The van der Waals surface area contributed by atoms with Gasteiger partial charge in [-0.1, -0.05) is 13.3 Å². The second-order valence-electron chi connectivity index (χ2n) is 5.68. The first kappa shape index (κ1) is 17.8. The third-order valence-corrected chi connectivity index (χ3v) is 3.09. The largest absolute Gasteiger partial charge is 0.478 e. The lowest BCUT2D eigenvalue weighted by molar-refractivity contribution is -0.131. The highest BCUT2D eigenvalue weighted by Gasteiger charge is 2.15. The second-order valence-corrected chi connectivity index (χ2v) is 5.68. The Morgan fingerprint density at radius 3 is 2.63 bits per heavy atom. The molecule has 0 rings (SSSR count). The van der Waals surface area contributed by atoms with E-state index in [1.54, 1.807) is 20.2 Å². The molecule has 4 heteroatoms. The van der Waals surface area contributed by atoms with Gasteiger partial charge in [-0.25, -0.2) is 4.79 Å². The standard InChI is InChI=1S/C15H27NO3/c1-12(7-6-8-15(3,4)19-5)10-16-11-13(2)9-14(17)18/h9,11-12H,6-8,10H2,1-5H3,(H,17,18)/b13-9+,16-11+. The third-order valence-electron chi connectivity index (χ3n) is 3.09. The number of hydrogen-bond donors (Lipinski definition) is 1. The van der Waals surface area contributed by atoms with E-state index < -0.39 is 5.97 Å². The van der Waals surface area contributed by atoms with Gasteiger partial charge in [-0.3, -0.25) is 4.99 Å². The Morgan fingerprint density at radius 1 is 1.47 bits per heavy atom. The van der Waals surface area contributed by atoms with Crippen LogP contribution in [0.15, 0.2) is 16.6 Å². The minimum Gasteiger partial charge on any atom is -0.478 e. The zero-order valence-electron chi connectivity index (χ0n) is 12.8. The molecule has 0 amide bonds. The van der Waals surface area contributed by atoms with Crippen LogP contribution in [0.1, 0.15) is 47.0 Å². The first-order valence-corrected chi connectivity index (χ1v) is 6.73. The van der Waals surface area contributed by atoms with E-state index in [1.807, 2.05) is 0 Å². The molecule has 0 fully saturated rings. The molecular weight excluding hydrogens is 242 g/mol. The summed E-state index contributed by atoms with van der Waals surface area (Å²) < 4.78 is 5.38. The first-order valence-electron chi connectivity index (χ1n) is 6.73. The Bertz CT molecular complexity index is 332. The number of rotatable bonds is 9. The van der Waals surface area contributed by atoms with Crippen LogP contribution >= 0.6 is 0 Å². The zero-order valence-corrected chi connectivity index (χ0v) is 12.8. The van der Waals surface area contributed by atoms with Gasteiger partial charge in [-0.2, -0.15) is 0 Å². The molecule has 4 nitrogen and oxygen atoms in total. The highest BCUT2D eigenvalue weighted by molar-refractivity contribution is 5.89. The van der Waals surface area contributed by atoms with Crippen molar-refractivity contribution in [1.29, 1.82) is 0 Å². The van der Waals surface area contributed by atoms with Gasteiger partial charge in [0, 0.05) is 25.9 Å². The average Bonchev–Trinajstić information content (AvgIpc) is 2.27. The Kier molecular flexibility index (Phi) is 8.32. The van der Waals surface area contributed by atoms with Gasteiger partial charge in [0.15, 0.2) is 0 Å². The molecule has 19 heavy (non-hydrogen) atoms. The molecule has 110 valence electrons. The summed E-state index contributed by atoms with van der Waals surface area (Å²) in [5, 5.41) is 8.56. The van der Waals surface area contributed by atoms with E-state index in [0.717, 1.165) is 31.9 Å².